The second-order valence-corrected chi connectivity index (χ2v) is 16.4. The van der Waals surface area contributed by atoms with Crippen LogP contribution < -0.4 is 21.3 Å². The molecule has 4 heterocycles. The lowest BCUT2D eigenvalue weighted by atomic mass is 9.71. The molecule has 15 nitrogen and oxygen atoms in total. The van der Waals surface area contributed by atoms with Gasteiger partial charge >= 0.3 is 11.7 Å². The van der Waals surface area contributed by atoms with Gasteiger partial charge in [-0.1, -0.05) is 41.5 Å². The van der Waals surface area contributed by atoms with E-state index in [1.54, 1.807) is 41.5 Å². The Balaban J connectivity index is 1.49. The first kappa shape index (κ1) is 38.2. The molecule has 4 aromatic rings. The number of aromatic hydroxyl groups is 2. The van der Waals surface area contributed by atoms with E-state index in [1.807, 2.05) is 0 Å². The predicted molar refractivity (Wildman–Crippen MR) is 199 cm³/mol. The summed E-state index contributed by atoms with van der Waals surface area (Å²) >= 11 is 0. The van der Waals surface area contributed by atoms with Crippen LogP contribution in [-0.2, 0) is 15.1 Å². The highest BCUT2D eigenvalue weighted by Crippen LogP contribution is 2.58. The molecule has 0 bridgehead atoms. The monoisotopic (exact) mass is 767 g/mol. The quantitative estimate of drug-likeness (QED) is 0.136. The summed E-state index contributed by atoms with van der Waals surface area (Å²) in [4.78, 5) is 85.6. The minimum Gasteiger partial charge on any atom is -0.508 e. The molecule has 0 aliphatic carbocycles. The molecule has 0 saturated carbocycles. The number of phenolic OH excluding ortho intramolecular Hbond substituents is 2. The first-order valence-electron chi connectivity index (χ1n) is 18.0. The van der Waals surface area contributed by atoms with E-state index in [1.165, 1.54) is 55.6 Å². The van der Waals surface area contributed by atoms with Crippen molar-refractivity contribution < 1.29 is 48.7 Å². The molecular formula is C41H41N3O12. The molecule has 1 amide bonds. The highest BCUT2D eigenvalue weighted by molar-refractivity contribution is 6.22. The van der Waals surface area contributed by atoms with Crippen molar-refractivity contribution in [2.75, 3.05) is 6.61 Å². The van der Waals surface area contributed by atoms with Gasteiger partial charge < -0.3 is 34.8 Å². The van der Waals surface area contributed by atoms with E-state index in [0.29, 0.717) is 0 Å². The Morgan fingerprint density at radius 2 is 1.45 bits per heavy atom. The van der Waals surface area contributed by atoms with Gasteiger partial charge in [-0.05, 0) is 37.3 Å². The summed E-state index contributed by atoms with van der Waals surface area (Å²) < 4.78 is 19.5. The topological polar surface area (TPSA) is 224 Å². The van der Waals surface area contributed by atoms with Crippen molar-refractivity contribution in [1.29, 1.82) is 0 Å². The molecule has 3 aliphatic heterocycles. The second kappa shape index (κ2) is 13.0. The Morgan fingerprint density at radius 3 is 2.00 bits per heavy atom. The first-order chi connectivity index (χ1) is 26.2. The van der Waals surface area contributed by atoms with Crippen molar-refractivity contribution in [3.8, 4) is 23.0 Å². The van der Waals surface area contributed by atoms with Crippen LogP contribution in [0.25, 0.3) is 0 Å². The molecule has 1 aromatic heterocycles. The lowest BCUT2D eigenvalue weighted by Gasteiger charge is -2.37. The molecular weight excluding hydrogens is 726 g/mol. The fourth-order valence-electron chi connectivity index (χ4n) is 7.51. The standard InChI is InChI=1S/C41H41N3O12/c1-18-16-44(38(53)43-35(18)50)29-15-25(28(17-45)55-29)42-36(51)21-14-24-31(32(34(49)40(5,6)7)30(21)33(48)39(2,3)4)37(52)56-41(24)22-10-8-19(46)12-26(22)54-27-13-20(47)9-11-23(27)41/h8-14,16,25,28-29,45-47H,15,17H2,1-7H3,(H,42,51)(H,43,50,53)/t25-,28+,29+/m0/s1. The van der Waals surface area contributed by atoms with Gasteiger partial charge in [-0.3, -0.25) is 28.7 Å². The Hall–Kier alpha value is -6.06. The molecule has 7 rings (SSSR count). The van der Waals surface area contributed by atoms with E-state index in [-0.39, 0.29) is 73.9 Å². The summed E-state index contributed by atoms with van der Waals surface area (Å²) in [6, 6.07) is 8.64. The van der Waals surface area contributed by atoms with Crippen LogP contribution >= 0.6 is 0 Å². The van der Waals surface area contributed by atoms with Gasteiger partial charge in [0.15, 0.2) is 17.2 Å². The van der Waals surface area contributed by atoms with E-state index in [9.17, 15) is 44.1 Å². The van der Waals surface area contributed by atoms with Crippen LogP contribution in [-0.4, -0.2) is 67.1 Å². The van der Waals surface area contributed by atoms with Crippen molar-refractivity contribution in [3.05, 3.63) is 114 Å². The molecule has 0 unspecified atom stereocenters. The van der Waals surface area contributed by atoms with Gasteiger partial charge in [0.25, 0.3) is 11.5 Å². The lowest BCUT2D eigenvalue weighted by Crippen LogP contribution is -2.43. The Morgan fingerprint density at radius 1 is 0.875 bits per heavy atom. The van der Waals surface area contributed by atoms with Crippen molar-refractivity contribution in [2.24, 2.45) is 10.8 Å². The molecule has 1 fully saturated rings. The molecule has 3 aromatic carbocycles. The fourth-order valence-corrected chi connectivity index (χ4v) is 7.51. The zero-order valence-corrected chi connectivity index (χ0v) is 31.7. The number of rotatable bonds is 6. The van der Waals surface area contributed by atoms with Gasteiger partial charge in [0, 0.05) is 69.0 Å². The number of nitrogens with zero attached hydrogens (tertiary/aromatic N) is 1. The van der Waals surface area contributed by atoms with E-state index in [4.69, 9.17) is 14.2 Å². The van der Waals surface area contributed by atoms with Crippen molar-refractivity contribution >= 4 is 23.4 Å². The number of carbonyl (C=O) groups is 4. The van der Waals surface area contributed by atoms with Crippen LogP contribution in [0, 0.1) is 17.8 Å². The number of H-pyrrole nitrogens is 1. The SMILES string of the molecule is Cc1cn([C@H]2C[C@H](NC(=O)c3cc4c(c(C(=O)C(C)(C)C)c3C(=O)C(C)(C)C)C(=O)OC43c4ccc(O)cc4Oc4cc(O)ccc43)[C@@H](CO)O2)c(=O)[nH]c1=O. The number of aromatic nitrogens is 2. The van der Waals surface area contributed by atoms with Crippen LogP contribution in [0.2, 0.25) is 0 Å². The zero-order chi connectivity index (χ0) is 40.8. The molecule has 292 valence electrons. The minimum atomic E-state index is -1.90. The van der Waals surface area contributed by atoms with Gasteiger partial charge in [-0.25, -0.2) is 9.59 Å². The molecule has 3 aliphatic rings. The smallest absolute Gasteiger partial charge is 0.340 e. The van der Waals surface area contributed by atoms with E-state index in [2.05, 4.69) is 10.3 Å². The third-order valence-electron chi connectivity index (χ3n) is 10.3. The number of aliphatic hydroxyl groups excluding tert-OH is 1. The third-order valence-corrected chi connectivity index (χ3v) is 10.3. The number of esters is 1. The number of aryl methyl sites for hydroxylation is 1. The largest absolute Gasteiger partial charge is 0.508 e. The number of hydrogen-bond acceptors (Lipinski definition) is 12. The van der Waals surface area contributed by atoms with Crippen LogP contribution in [0.15, 0.2) is 58.3 Å². The number of nitrogens with one attached hydrogen (secondary N) is 2. The van der Waals surface area contributed by atoms with Gasteiger partial charge in [-0.2, -0.15) is 0 Å². The van der Waals surface area contributed by atoms with Crippen LogP contribution in [0.1, 0.15) is 118 Å². The number of fused-ring (bicyclic) bond motifs is 6. The maximum Gasteiger partial charge on any atom is 0.340 e. The third kappa shape index (κ3) is 5.98. The summed E-state index contributed by atoms with van der Waals surface area (Å²) in [6.07, 6.45) is -0.776. The maximum absolute atomic E-state index is 14.8. The summed E-state index contributed by atoms with van der Waals surface area (Å²) in [5, 5.41) is 34.1. The number of amides is 1. The van der Waals surface area contributed by atoms with Crippen molar-refractivity contribution in [3.63, 3.8) is 0 Å². The van der Waals surface area contributed by atoms with Gasteiger partial charge in [-0.15, -0.1) is 0 Å². The summed E-state index contributed by atoms with van der Waals surface area (Å²) in [7, 11) is 0. The number of phenols is 2. The normalized spacial score (nSPS) is 19.4. The van der Waals surface area contributed by atoms with Crippen molar-refractivity contribution in [2.45, 2.75) is 78.9 Å². The number of ether oxygens (including phenoxy) is 3. The highest BCUT2D eigenvalue weighted by atomic mass is 16.6. The Bertz CT molecular complexity index is 2450. The van der Waals surface area contributed by atoms with E-state index in [0.717, 1.165) is 4.57 Å². The average molecular weight is 768 g/mol. The van der Waals surface area contributed by atoms with E-state index >= 15 is 0 Å². The lowest BCUT2D eigenvalue weighted by molar-refractivity contribution is -0.0288. The van der Waals surface area contributed by atoms with Crippen molar-refractivity contribution in [1.82, 2.24) is 14.9 Å². The summed E-state index contributed by atoms with van der Waals surface area (Å²) in [5.74, 6) is -3.32. The first-order valence-corrected chi connectivity index (χ1v) is 18.0. The Labute approximate surface area is 319 Å². The second-order valence-electron chi connectivity index (χ2n) is 16.4. The van der Waals surface area contributed by atoms with Gasteiger partial charge in [0.1, 0.15) is 35.3 Å². The maximum atomic E-state index is 14.8. The predicted octanol–water partition coefficient (Wildman–Crippen LogP) is 4.36. The number of carbonyl (C=O) groups excluding carboxylic acids is 4. The molecule has 15 heteroatoms. The Kier molecular flexibility index (Phi) is 8.89. The summed E-state index contributed by atoms with van der Waals surface area (Å²) in [6.45, 7) is 10.6. The molecule has 3 atom stereocenters. The van der Waals surface area contributed by atoms with E-state index < -0.39 is 76.1 Å². The van der Waals surface area contributed by atoms with Crippen LogP contribution in [0.3, 0.4) is 0 Å². The number of hydrogen-bond donors (Lipinski definition) is 5. The molecule has 1 saturated heterocycles. The molecule has 5 N–H and O–H groups in total. The fraction of sp³-hybridized carbons (Fsp3) is 0.366. The number of benzene rings is 3. The molecule has 1 spiro atoms. The van der Waals surface area contributed by atoms with Crippen LogP contribution in [0.5, 0.6) is 23.0 Å². The summed E-state index contributed by atoms with van der Waals surface area (Å²) in [5.41, 5.74) is -6.04. The number of aromatic amines is 1. The number of aliphatic hydroxyl groups is 1. The number of Topliss-reactive ketones (excluding diaryl/α,β-unsaturated/α-hetero) is 2. The van der Waals surface area contributed by atoms with Crippen LogP contribution in [0.4, 0.5) is 0 Å². The molecule has 0 radical (unpaired) electrons. The number of ketones is 2. The zero-order valence-electron chi connectivity index (χ0n) is 31.7. The minimum absolute atomic E-state index is 0.0300. The highest BCUT2D eigenvalue weighted by Gasteiger charge is 2.57. The van der Waals surface area contributed by atoms with Gasteiger partial charge in [0.2, 0.25) is 0 Å². The molecule has 56 heavy (non-hydrogen) atoms. The van der Waals surface area contributed by atoms with Gasteiger partial charge in [0.05, 0.1) is 23.8 Å². The average Bonchev–Trinajstić information content (AvgIpc) is 3.65.